The van der Waals surface area contributed by atoms with Crippen molar-refractivity contribution in [2.45, 2.75) is 63.9 Å². The topological polar surface area (TPSA) is 78.9 Å². The Hall–Kier alpha value is -0.660. The standard InChI is InChI=1S/C16H26O6S/c1-5-15(2,3)14(17)20-6-7-21-16(4)10-8-11-12(9-10)23(18,19)22-13(11)16/h10-13H,5-9H2,1-4H3. The highest BCUT2D eigenvalue weighted by Gasteiger charge is 2.69. The zero-order chi connectivity index (χ0) is 17.0. The molecular formula is C16H26O6S. The first-order chi connectivity index (χ1) is 10.6. The first kappa shape index (κ1) is 17.2. The van der Waals surface area contributed by atoms with Crippen molar-refractivity contribution < 1.29 is 26.9 Å². The summed E-state index contributed by atoms with van der Waals surface area (Å²) in [4.78, 5) is 11.9. The smallest absolute Gasteiger partial charge is 0.311 e. The van der Waals surface area contributed by atoms with Crippen LogP contribution in [0.5, 0.6) is 0 Å². The molecule has 3 fully saturated rings. The Kier molecular flexibility index (Phi) is 4.05. The maximum atomic E-state index is 12.0. The van der Waals surface area contributed by atoms with Gasteiger partial charge in [0.05, 0.1) is 22.9 Å². The van der Waals surface area contributed by atoms with E-state index in [4.69, 9.17) is 13.7 Å². The van der Waals surface area contributed by atoms with E-state index in [1.807, 2.05) is 27.7 Å². The molecule has 0 aromatic carbocycles. The summed E-state index contributed by atoms with van der Waals surface area (Å²) in [6.07, 6.45) is 1.78. The van der Waals surface area contributed by atoms with Crippen LogP contribution in [0.1, 0.15) is 47.0 Å². The number of carbonyl (C=O) groups excluding carboxylic acids is 1. The SMILES string of the molecule is CCC(C)(C)C(=O)OCCOC1(C)C2CC3C1OS(=O)(=O)C3C2. The summed E-state index contributed by atoms with van der Waals surface area (Å²) in [5.74, 6) is 0.0144. The van der Waals surface area contributed by atoms with Crippen LogP contribution in [0.3, 0.4) is 0 Å². The second-order valence-electron chi connectivity index (χ2n) is 7.79. The van der Waals surface area contributed by atoms with E-state index in [-0.39, 0.29) is 42.4 Å². The van der Waals surface area contributed by atoms with E-state index in [1.54, 1.807) is 0 Å². The third-order valence-corrected chi connectivity index (χ3v) is 7.85. The summed E-state index contributed by atoms with van der Waals surface area (Å²) in [5.41, 5.74) is -1.09. The number of hydrogen-bond acceptors (Lipinski definition) is 6. The van der Waals surface area contributed by atoms with Crippen LogP contribution >= 0.6 is 0 Å². The van der Waals surface area contributed by atoms with Crippen molar-refractivity contribution in [1.29, 1.82) is 0 Å². The summed E-state index contributed by atoms with van der Waals surface area (Å²) >= 11 is 0. The molecule has 132 valence electrons. The molecule has 3 rings (SSSR count). The molecule has 0 radical (unpaired) electrons. The van der Waals surface area contributed by atoms with E-state index in [0.29, 0.717) is 12.8 Å². The van der Waals surface area contributed by atoms with Crippen LogP contribution in [-0.4, -0.2) is 44.6 Å². The lowest BCUT2D eigenvalue weighted by atomic mass is 9.83. The van der Waals surface area contributed by atoms with Gasteiger partial charge in [0.25, 0.3) is 10.1 Å². The molecule has 7 heteroatoms. The predicted octanol–water partition coefficient (Wildman–Crippen LogP) is 1.88. The van der Waals surface area contributed by atoms with Crippen molar-refractivity contribution in [2.24, 2.45) is 17.3 Å². The second-order valence-corrected chi connectivity index (χ2v) is 9.57. The number of ether oxygens (including phenoxy) is 2. The van der Waals surface area contributed by atoms with Gasteiger partial charge < -0.3 is 9.47 Å². The fraction of sp³-hybridized carbons (Fsp3) is 0.938. The first-order valence-electron chi connectivity index (χ1n) is 8.35. The molecule has 5 atom stereocenters. The van der Waals surface area contributed by atoms with Crippen molar-refractivity contribution >= 4 is 16.1 Å². The minimum absolute atomic E-state index is 0.0524. The van der Waals surface area contributed by atoms with Crippen molar-refractivity contribution in [1.82, 2.24) is 0 Å². The molecule has 3 aliphatic rings. The van der Waals surface area contributed by atoms with E-state index < -0.39 is 21.1 Å². The van der Waals surface area contributed by atoms with Gasteiger partial charge >= 0.3 is 5.97 Å². The molecule has 6 nitrogen and oxygen atoms in total. The van der Waals surface area contributed by atoms with E-state index in [0.717, 1.165) is 6.42 Å². The van der Waals surface area contributed by atoms with Crippen molar-refractivity contribution in [3.05, 3.63) is 0 Å². The van der Waals surface area contributed by atoms with Crippen LogP contribution < -0.4 is 0 Å². The van der Waals surface area contributed by atoms with Gasteiger partial charge in [-0.3, -0.25) is 8.98 Å². The Bertz CT molecular complexity index is 598. The van der Waals surface area contributed by atoms with Gasteiger partial charge in [-0.2, -0.15) is 8.42 Å². The molecule has 0 N–H and O–H groups in total. The van der Waals surface area contributed by atoms with Crippen molar-refractivity contribution in [2.75, 3.05) is 13.2 Å². The van der Waals surface area contributed by atoms with Crippen LogP contribution in [0, 0.1) is 17.3 Å². The molecule has 2 aliphatic carbocycles. The molecule has 0 aromatic rings. The van der Waals surface area contributed by atoms with Crippen molar-refractivity contribution in [3.8, 4) is 0 Å². The lowest BCUT2D eigenvalue weighted by Crippen LogP contribution is -2.47. The average Bonchev–Trinajstić information content (AvgIpc) is 3.08. The Morgan fingerprint density at radius 1 is 1.30 bits per heavy atom. The van der Waals surface area contributed by atoms with Crippen molar-refractivity contribution in [3.63, 3.8) is 0 Å². The normalized spacial score (nSPS) is 40.5. The zero-order valence-electron chi connectivity index (χ0n) is 14.2. The first-order valence-corrected chi connectivity index (χ1v) is 9.82. The Balaban J connectivity index is 1.55. The Labute approximate surface area is 138 Å². The van der Waals surface area contributed by atoms with Gasteiger partial charge in [0.1, 0.15) is 12.7 Å². The monoisotopic (exact) mass is 346 g/mol. The molecule has 2 saturated carbocycles. The number of rotatable bonds is 6. The van der Waals surface area contributed by atoms with Gasteiger partial charge in [0.2, 0.25) is 0 Å². The quantitative estimate of drug-likeness (QED) is 0.415. The van der Waals surface area contributed by atoms with Gasteiger partial charge in [-0.1, -0.05) is 6.92 Å². The predicted molar refractivity (Wildman–Crippen MR) is 83.2 cm³/mol. The average molecular weight is 346 g/mol. The molecular weight excluding hydrogens is 320 g/mol. The van der Waals surface area contributed by atoms with Crippen LogP contribution in [0.4, 0.5) is 0 Å². The highest BCUT2D eigenvalue weighted by molar-refractivity contribution is 7.87. The maximum absolute atomic E-state index is 12.0. The van der Waals surface area contributed by atoms with Gasteiger partial charge in [0.15, 0.2) is 0 Å². The minimum atomic E-state index is -3.43. The van der Waals surface area contributed by atoms with Gasteiger partial charge in [-0.25, -0.2) is 0 Å². The van der Waals surface area contributed by atoms with Crippen LogP contribution in [0.15, 0.2) is 0 Å². The van der Waals surface area contributed by atoms with E-state index >= 15 is 0 Å². The van der Waals surface area contributed by atoms with Crippen LogP contribution in [0.25, 0.3) is 0 Å². The summed E-state index contributed by atoms with van der Waals surface area (Å²) in [5, 5.41) is -0.350. The molecule has 1 aliphatic heterocycles. The Morgan fingerprint density at radius 3 is 2.65 bits per heavy atom. The van der Waals surface area contributed by atoms with Crippen LogP contribution in [0.2, 0.25) is 0 Å². The summed E-state index contributed by atoms with van der Waals surface area (Å²) in [7, 11) is -3.43. The molecule has 23 heavy (non-hydrogen) atoms. The fourth-order valence-electron chi connectivity index (χ4n) is 4.13. The highest BCUT2D eigenvalue weighted by atomic mass is 32.2. The number of hydrogen-bond donors (Lipinski definition) is 0. The molecule has 0 spiro atoms. The Morgan fingerprint density at radius 2 is 2.00 bits per heavy atom. The molecule has 1 heterocycles. The molecule has 1 saturated heterocycles. The van der Waals surface area contributed by atoms with Crippen LogP contribution in [-0.2, 0) is 28.6 Å². The van der Waals surface area contributed by atoms with E-state index in [1.165, 1.54) is 0 Å². The highest BCUT2D eigenvalue weighted by Crippen LogP contribution is 2.60. The molecule has 0 aromatic heterocycles. The fourth-order valence-corrected chi connectivity index (χ4v) is 6.04. The molecule has 2 bridgehead atoms. The lowest BCUT2D eigenvalue weighted by Gasteiger charge is -2.36. The number of esters is 1. The summed E-state index contributed by atoms with van der Waals surface area (Å²) in [6.45, 7) is 8.02. The lowest BCUT2D eigenvalue weighted by molar-refractivity contribution is -0.162. The minimum Gasteiger partial charge on any atom is -0.463 e. The third-order valence-electron chi connectivity index (χ3n) is 6.09. The zero-order valence-corrected chi connectivity index (χ0v) is 15.0. The van der Waals surface area contributed by atoms with E-state index in [9.17, 15) is 13.2 Å². The van der Waals surface area contributed by atoms with Gasteiger partial charge in [0, 0.05) is 5.92 Å². The van der Waals surface area contributed by atoms with E-state index in [2.05, 4.69) is 0 Å². The molecule has 0 amide bonds. The largest absolute Gasteiger partial charge is 0.463 e. The maximum Gasteiger partial charge on any atom is 0.311 e. The summed E-state index contributed by atoms with van der Waals surface area (Å²) in [6, 6.07) is 0. The summed E-state index contributed by atoms with van der Waals surface area (Å²) < 4.78 is 40.6. The number of fused-ring (bicyclic) bond motifs is 1. The van der Waals surface area contributed by atoms with Gasteiger partial charge in [-0.15, -0.1) is 0 Å². The third kappa shape index (κ3) is 2.61. The number of carbonyl (C=O) groups is 1. The van der Waals surface area contributed by atoms with Gasteiger partial charge in [-0.05, 0) is 46.0 Å². The second kappa shape index (κ2) is 5.43. The molecule has 5 unspecified atom stereocenters.